The molecule has 0 aliphatic carbocycles. The van der Waals surface area contributed by atoms with Gasteiger partial charge in [0.15, 0.2) is 0 Å². The number of fused-ring (bicyclic) bond motifs is 1. The third-order valence-corrected chi connectivity index (χ3v) is 7.80. The molecule has 2 heterocycles. The van der Waals surface area contributed by atoms with Crippen molar-refractivity contribution in [1.82, 2.24) is 9.80 Å². The third kappa shape index (κ3) is 6.65. The maximum Gasteiger partial charge on any atom is 0.255 e. The van der Waals surface area contributed by atoms with Crippen LogP contribution < -0.4 is 10.2 Å². The number of carbonyl (C=O) groups is 1. The van der Waals surface area contributed by atoms with Gasteiger partial charge in [-0.3, -0.25) is 9.69 Å². The van der Waals surface area contributed by atoms with Gasteiger partial charge in [0.25, 0.3) is 5.91 Å². The number of piperidine rings is 1. The van der Waals surface area contributed by atoms with Gasteiger partial charge >= 0.3 is 0 Å². The first-order chi connectivity index (χ1) is 18.2. The Morgan fingerprint density at radius 2 is 1.59 bits per heavy atom. The molecule has 2 aliphatic heterocycles. The Kier molecular flexibility index (Phi) is 8.64. The summed E-state index contributed by atoms with van der Waals surface area (Å²) in [7, 11) is 0. The SMILES string of the molecule is O=C(c1cc(N2CCCCC2)ccc1Cl)N1CCN(Cc2ccccc2)CCCNc2ccccc2C1. The monoisotopic (exact) mass is 516 g/mol. The van der Waals surface area contributed by atoms with Crippen LogP contribution >= 0.6 is 11.6 Å². The molecule has 5 nitrogen and oxygen atoms in total. The minimum atomic E-state index is -0.00225. The average Bonchev–Trinajstić information content (AvgIpc) is 2.98. The molecule has 0 aromatic heterocycles. The Morgan fingerprint density at radius 1 is 0.811 bits per heavy atom. The summed E-state index contributed by atoms with van der Waals surface area (Å²) in [4.78, 5) is 20.9. The number of anilines is 2. The number of nitrogens with zero attached hydrogens (tertiary/aromatic N) is 3. The van der Waals surface area contributed by atoms with E-state index in [2.05, 4.69) is 75.8 Å². The zero-order chi connectivity index (χ0) is 25.5. The summed E-state index contributed by atoms with van der Waals surface area (Å²) in [6.45, 7) is 6.82. The van der Waals surface area contributed by atoms with Gasteiger partial charge in [0, 0.05) is 63.7 Å². The number of nitrogens with one attached hydrogen (secondary N) is 1. The summed E-state index contributed by atoms with van der Waals surface area (Å²) in [6.07, 6.45) is 4.70. The largest absolute Gasteiger partial charge is 0.385 e. The van der Waals surface area contributed by atoms with Crippen LogP contribution in [0.25, 0.3) is 0 Å². The van der Waals surface area contributed by atoms with Crippen molar-refractivity contribution in [3.8, 4) is 0 Å². The first kappa shape index (κ1) is 25.6. The Balaban J connectivity index is 1.41. The molecule has 37 heavy (non-hydrogen) atoms. The van der Waals surface area contributed by atoms with Crippen molar-refractivity contribution in [3.05, 3.63) is 94.5 Å². The number of halogens is 1. The standard InChI is InChI=1S/C31H37ClN4O/c32-29-15-14-27(35-18-7-2-8-19-35)22-28(29)31(37)36-21-20-34(23-25-10-3-1-4-11-25)17-9-16-33-30-13-6-5-12-26(30)24-36/h1,3-6,10-15,22,33H,2,7-9,16-21,23-24H2. The Labute approximate surface area is 226 Å². The quantitative estimate of drug-likeness (QED) is 0.442. The summed E-state index contributed by atoms with van der Waals surface area (Å²) in [5, 5.41) is 4.13. The van der Waals surface area contributed by atoms with Crippen LogP contribution in [0.4, 0.5) is 11.4 Å². The normalized spacial score (nSPS) is 17.4. The molecular weight excluding hydrogens is 480 g/mol. The van der Waals surface area contributed by atoms with Crippen molar-refractivity contribution >= 4 is 28.9 Å². The lowest BCUT2D eigenvalue weighted by molar-refractivity contribution is 0.0720. The highest BCUT2D eigenvalue weighted by Gasteiger charge is 2.23. The van der Waals surface area contributed by atoms with Crippen molar-refractivity contribution in [2.45, 2.75) is 38.8 Å². The minimum Gasteiger partial charge on any atom is -0.385 e. The molecule has 0 bridgehead atoms. The van der Waals surface area contributed by atoms with Crippen molar-refractivity contribution in [2.24, 2.45) is 0 Å². The van der Waals surface area contributed by atoms with Crippen LogP contribution in [0.1, 0.15) is 47.2 Å². The van der Waals surface area contributed by atoms with Crippen LogP contribution in [0.3, 0.4) is 0 Å². The van der Waals surface area contributed by atoms with Crippen molar-refractivity contribution in [1.29, 1.82) is 0 Å². The van der Waals surface area contributed by atoms with E-state index < -0.39 is 0 Å². The molecule has 5 rings (SSSR count). The number of hydrogen-bond acceptors (Lipinski definition) is 4. The number of amides is 1. The minimum absolute atomic E-state index is 0.00225. The van der Waals surface area contributed by atoms with E-state index in [0.29, 0.717) is 23.7 Å². The summed E-state index contributed by atoms with van der Waals surface area (Å²) < 4.78 is 0. The van der Waals surface area contributed by atoms with Gasteiger partial charge in [-0.15, -0.1) is 0 Å². The van der Waals surface area contributed by atoms with Crippen LogP contribution in [-0.2, 0) is 13.1 Å². The average molecular weight is 517 g/mol. The van der Waals surface area contributed by atoms with Crippen molar-refractivity contribution in [2.75, 3.05) is 49.5 Å². The molecule has 0 radical (unpaired) electrons. The maximum absolute atomic E-state index is 14.1. The van der Waals surface area contributed by atoms with E-state index in [-0.39, 0.29) is 5.91 Å². The Hall–Kier alpha value is -3.02. The molecular formula is C31H37ClN4O. The van der Waals surface area contributed by atoms with Gasteiger partial charge in [-0.2, -0.15) is 0 Å². The highest BCUT2D eigenvalue weighted by Crippen LogP contribution is 2.28. The summed E-state index contributed by atoms with van der Waals surface area (Å²) >= 11 is 6.65. The number of rotatable bonds is 4. The van der Waals surface area contributed by atoms with Crippen molar-refractivity contribution in [3.63, 3.8) is 0 Å². The zero-order valence-corrected chi connectivity index (χ0v) is 22.3. The molecule has 0 saturated carbocycles. The Morgan fingerprint density at radius 3 is 2.43 bits per heavy atom. The fourth-order valence-electron chi connectivity index (χ4n) is 5.38. The van der Waals surface area contributed by atoms with Gasteiger partial charge < -0.3 is 15.1 Å². The molecule has 6 heteroatoms. The molecule has 3 aromatic rings. The maximum atomic E-state index is 14.1. The second-order valence-corrected chi connectivity index (χ2v) is 10.5. The molecule has 1 saturated heterocycles. The van der Waals surface area contributed by atoms with Crippen LogP contribution in [-0.4, -0.2) is 55.0 Å². The van der Waals surface area contributed by atoms with E-state index in [4.69, 9.17) is 11.6 Å². The van der Waals surface area contributed by atoms with Gasteiger partial charge in [0.05, 0.1) is 10.6 Å². The van der Waals surface area contributed by atoms with Crippen molar-refractivity contribution < 1.29 is 4.79 Å². The highest BCUT2D eigenvalue weighted by atomic mass is 35.5. The fourth-order valence-corrected chi connectivity index (χ4v) is 5.58. The van der Waals surface area contributed by atoms with E-state index >= 15 is 0 Å². The zero-order valence-electron chi connectivity index (χ0n) is 21.5. The second-order valence-electron chi connectivity index (χ2n) is 10.1. The molecule has 1 amide bonds. The van der Waals surface area contributed by atoms with Crippen LogP contribution in [0.15, 0.2) is 72.8 Å². The lowest BCUT2D eigenvalue weighted by Crippen LogP contribution is -2.38. The highest BCUT2D eigenvalue weighted by molar-refractivity contribution is 6.34. The predicted octanol–water partition coefficient (Wildman–Crippen LogP) is 6.29. The van der Waals surface area contributed by atoms with E-state index in [9.17, 15) is 4.79 Å². The third-order valence-electron chi connectivity index (χ3n) is 7.47. The van der Waals surface area contributed by atoms with E-state index in [1.165, 1.54) is 24.8 Å². The lowest BCUT2D eigenvalue weighted by Gasteiger charge is -2.30. The van der Waals surface area contributed by atoms with E-state index in [1.807, 2.05) is 17.0 Å². The molecule has 0 unspecified atom stereocenters. The predicted molar refractivity (Wildman–Crippen MR) is 154 cm³/mol. The number of hydrogen-bond donors (Lipinski definition) is 1. The summed E-state index contributed by atoms with van der Waals surface area (Å²) in [5.41, 5.74) is 5.22. The van der Waals surface area contributed by atoms with Gasteiger partial charge in [0.1, 0.15) is 0 Å². The van der Waals surface area contributed by atoms with E-state index in [1.54, 1.807) is 0 Å². The van der Waals surface area contributed by atoms with Crippen LogP contribution in [0.5, 0.6) is 0 Å². The molecule has 2 aliphatic rings. The summed E-state index contributed by atoms with van der Waals surface area (Å²) in [5.74, 6) is -0.00225. The molecule has 0 spiro atoms. The van der Waals surface area contributed by atoms with Crippen LogP contribution in [0, 0.1) is 0 Å². The topological polar surface area (TPSA) is 38.8 Å². The first-order valence-electron chi connectivity index (χ1n) is 13.6. The second kappa shape index (κ2) is 12.5. The number of benzene rings is 3. The van der Waals surface area contributed by atoms with Gasteiger partial charge in [-0.05, 0) is 61.1 Å². The fraction of sp³-hybridized carbons (Fsp3) is 0.387. The number of carbonyl (C=O) groups excluding carboxylic acids is 1. The van der Waals surface area contributed by atoms with Gasteiger partial charge in [0.2, 0.25) is 0 Å². The van der Waals surface area contributed by atoms with Crippen LogP contribution in [0.2, 0.25) is 5.02 Å². The van der Waals surface area contributed by atoms with E-state index in [0.717, 1.165) is 62.6 Å². The smallest absolute Gasteiger partial charge is 0.255 e. The van der Waals surface area contributed by atoms with Gasteiger partial charge in [-0.1, -0.05) is 60.1 Å². The number of para-hydroxylation sites is 1. The van der Waals surface area contributed by atoms with Gasteiger partial charge in [-0.25, -0.2) is 0 Å². The Bertz CT molecular complexity index is 1180. The molecule has 194 valence electrons. The molecule has 1 fully saturated rings. The first-order valence-corrected chi connectivity index (χ1v) is 14.0. The molecule has 1 N–H and O–H groups in total. The molecule has 3 aromatic carbocycles. The summed E-state index contributed by atoms with van der Waals surface area (Å²) in [6, 6.07) is 24.9. The lowest BCUT2D eigenvalue weighted by atomic mass is 10.1. The molecule has 0 atom stereocenters.